The molecule has 0 aliphatic heterocycles. The Hall–Kier alpha value is -3.00. The summed E-state index contributed by atoms with van der Waals surface area (Å²) in [6, 6.07) is 15.7. The second-order valence-electron chi connectivity index (χ2n) is 4.37. The monoisotopic (exact) mass is 282 g/mol. The number of carbonyl (C=O) groups is 1. The van der Waals surface area contributed by atoms with Gasteiger partial charge in [-0.3, -0.25) is 4.79 Å². The van der Waals surface area contributed by atoms with Crippen LogP contribution < -0.4 is 15.2 Å². The van der Waals surface area contributed by atoms with E-state index in [1.807, 2.05) is 6.07 Å². The van der Waals surface area contributed by atoms with Crippen molar-refractivity contribution >= 4 is 5.91 Å². The number of nitrogens with zero attached hydrogens (tertiary/aromatic N) is 1. The van der Waals surface area contributed by atoms with E-state index in [4.69, 9.17) is 20.5 Å². The number of amides is 1. The molecule has 0 spiro atoms. The molecule has 106 valence electrons. The summed E-state index contributed by atoms with van der Waals surface area (Å²) in [6.07, 6.45) is -0.685. The SMILES string of the molecule is CC(Oc1ccc(Oc2ccc(C#N)cc2)cc1)C(N)=O. The van der Waals surface area contributed by atoms with Crippen LogP contribution in [0.5, 0.6) is 17.2 Å². The van der Waals surface area contributed by atoms with Crippen molar-refractivity contribution in [3.05, 3.63) is 54.1 Å². The van der Waals surface area contributed by atoms with E-state index in [-0.39, 0.29) is 0 Å². The summed E-state index contributed by atoms with van der Waals surface area (Å²) in [6.45, 7) is 1.59. The highest BCUT2D eigenvalue weighted by molar-refractivity contribution is 5.78. The second-order valence-corrected chi connectivity index (χ2v) is 4.37. The van der Waals surface area contributed by atoms with Gasteiger partial charge >= 0.3 is 0 Å². The van der Waals surface area contributed by atoms with Crippen LogP contribution in [0.15, 0.2) is 48.5 Å². The molecule has 2 aromatic rings. The summed E-state index contributed by atoms with van der Waals surface area (Å²) in [7, 11) is 0. The standard InChI is InChI=1S/C16H14N2O3/c1-11(16(18)19)20-13-6-8-15(9-7-13)21-14-4-2-12(10-17)3-5-14/h2-9,11H,1H3,(H2,18,19). The molecule has 0 heterocycles. The van der Waals surface area contributed by atoms with Crippen molar-refractivity contribution in [2.45, 2.75) is 13.0 Å². The quantitative estimate of drug-likeness (QED) is 0.913. The summed E-state index contributed by atoms with van der Waals surface area (Å²) >= 11 is 0. The first kappa shape index (κ1) is 14.4. The van der Waals surface area contributed by atoms with Gasteiger partial charge in [-0.15, -0.1) is 0 Å². The van der Waals surface area contributed by atoms with Gasteiger partial charge in [-0.25, -0.2) is 0 Å². The maximum atomic E-state index is 10.9. The number of nitrogens with two attached hydrogens (primary N) is 1. The minimum absolute atomic E-state index is 0.520. The van der Waals surface area contributed by atoms with Crippen molar-refractivity contribution < 1.29 is 14.3 Å². The number of primary amides is 1. The minimum atomic E-state index is -0.685. The number of rotatable bonds is 5. The molecule has 0 bridgehead atoms. The van der Waals surface area contributed by atoms with Crippen LogP contribution in [0, 0.1) is 11.3 Å². The van der Waals surface area contributed by atoms with Gasteiger partial charge in [0.2, 0.25) is 0 Å². The van der Waals surface area contributed by atoms with E-state index >= 15 is 0 Å². The summed E-state index contributed by atoms with van der Waals surface area (Å²) in [5.41, 5.74) is 5.70. The van der Waals surface area contributed by atoms with Crippen LogP contribution in [-0.4, -0.2) is 12.0 Å². The number of hydrogen-bond acceptors (Lipinski definition) is 4. The Kier molecular flexibility index (Phi) is 4.42. The van der Waals surface area contributed by atoms with Crippen molar-refractivity contribution in [3.63, 3.8) is 0 Å². The third-order valence-corrected chi connectivity index (χ3v) is 2.76. The Morgan fingerprint density at radius 3 is 2.00 bits per heavy atom. The highest BCUT2D eigenvalue weighted by Crippen LogP contribution is 2.24. The molecular weight excluding hydrogens is 268 g/mol. The molecular formula is C16H14N2O3. The molecule has 2 aromatic carbocycles. The first-order chi connectivity index (χ1) is 10.1. The number of hydrogen-bond donors (Lipinski definition) is 1. The molecule has 1 amide bonds. The summed E-state index contributed by atoms with van der Waals surface area (Å²) in [5, 5.41) is 8.72. The van der Waals surface area contributed by atoms with Crippen molar-refractivity contribution in [1.82, 2.24) is 0 Å². The topological polar surface area (TPSA) is 85.3 Å². The highest BCUT2D eigenvalue weighted by Gasteiger charge is 2.09. The molecule has 0 radical (unpaired) electrons. The first-order valence-corrected chi connectivity index (χ1v) is 6.32. The lowest BCUT2D eigenvalue weighted by atomic mass is 10.2. The average molecular weight is 282 g/mol. The van der Waals surface area contributed by atoms with Gasteiger partial charge in [0.25, 0.3) is 5.91 Å². The molecule has 21 heavy (non-hydrogen) atoms. The molecule has 1 atom stereocenters. The van der Waals surface area contributed by atoms with Crippen LogP contribution in [0.4, 0.5) is 0 Å². The van der Waals surface area contributed by atoms with Crippen molar-refractivity contribution in [3.8, 4) is 23.3 Å². The Morgan fingerprint density at radius 1 is 1.05 bits per heavy atom. The molecule has 5 nitrogen and oxygen atoms in total. The van der Waals surface area contributed by atoms with E-state index in [1.165, 1.54) is 0 Å². The van der Waals surface area contributed by atoms with E-state index in [9.17, 15) is 4.79 Å². The zero-order valence-corrected chi connectivity index (χ0v) is 11.4. The molecule has 0 aliphatic carbocycles. The summed E-state index contributed by atoms with van der Waals surface area (Å²) < 4.78 is 11.0. The van der Waals surface area contributed by atoms with Gasteiger partial charge in [0, 0.05) is 0 Å². The van der Waals surface area contributed by atoms with Crippen LogP contribution >= 0.6 is 0 Å². The van der Waals surface area contributed by atoms with E-state index in [0.29, 0.717) is 22.8 Å². The Balaban J connectivity index is 2.01. The van der Waals surface area contributed by atoms with Gasteiger partial charge in [-0.05, 0) is 55.5 Å². The normalized spacial score (nSPS) is 11.2. The zero-order chi connectivity index (χ0) is 15.2. The molecule has 2 rings (SSSR count). The van der Waals surface area contributed by atoms with Gasteiger partial charge in [0.1, 0.15) is 17.2 Å². The minimum Gasteiger partial charge on any atom is -0.481 e. The van der Waals surface area contributed by atoms with Crippen molar-refractivity contribution in [2.75, 3.05) is 0 Å². The molecule has 1 unspecified atom stereocenters. The summed E-state index contributed by atoms with van der Waals surface area (Å²) in [4.78, 5) is 10.9. The van der Waals surface area contributed by atoms with Gasteiger partial charge in [0.05, 0.1) is 11.6 Å². The van der Waals surface area contributed by atoms with E-state index in [1.54, 1.807) is 55.5 Å². The van der Waals surface area contributed by atoms with Crippen LogP contribution in [0.2, 0.25) is 0 Å². The second kappa shape index (κ2) is 6.44. The van der Waals surface area contributed by atoms with Gasteiger partial charge in [0.15, 0.2) is 6.10 Å². The maximum Gasteiger partial charge on any atom is 0.258 e. The van der Waals surface area contributed by atoms with Crippen molar-refractivity contribution in [2.24, 2.45) is 5.73 Å². The van der Waals surface area contributed by atoms with E-state index in [2.05, 4.69) is 0 Å². The molecule has 0 aliphatic rings. The highest BCUT2D eigenvalue weighted by atomic mass is 16.5. The lowest BCUT2D eigenvalue weighted by molar-refractivity contribution is -0.123. The summed E-state index contributed by atoms with van der Waals surface area (Å²) in [5.74, 6) is 1.27. The van der Waals surface area contributed by atoms with Crippen LogP contribution in [0.1, 0.15) is 12.5 Å². The smallest absolute Gasteiger partial charge is 0.258 e. The maximum absolute atomic E-state index is 10.9. The molecule has 5 heteroatoms. The van der Waals surface area contributed by atoms with Gasteiger partial charge in [-0.1, -0.05) is 0 Å². The fraction of sp³-hybridized carbons (Fsp3) is 0.125. The number of benzene rings is 2. The third-order valence-electron chi connectivity index (χ3n) is 2.76. The van der Waals surface area contributed by atoms with Crippen LogP contribution in [0.25, 0.3) is 0 Å². The largest absolute Gasteiger partial charge is 0.481 e. The van der Waals surface area contributed by atoms with Gasteiger partial charge < -0.3 is 15.2 Å². The molecule has 2 N–H and O–H groups in total. The average Bonchev–Trinajstić information content (AvgIpc) is 2.50. The lowest BCUT2D eigenvalue weighted by Gasteiger charge is -2.11. The van der Waals surface area contributed by atoms with Crippen molar-refractivity contribution in [1.29, 1.82) is 5.26 Å². The fourth-order valence-corrected chi connectivity index (χ4v) is 1.58. The fourth-order valence-electron chi connectivity index (χ4n) is 1.58. The first-order valence-electron chi connectivity index (χ1n) is 6.32. The predicted octanol–water partition coefficient (Wildman–Crippen LogP) is 2.60. The zero-order valence-electron chi connectivity index (χ0n) is 11.4. The Labute approximate surface area is 122 Å². The molecule has 0 aromatic heterocycles. The lowest BCUT2D eigenvalue weighted by Crippen LogP contribution is -2.30. The number of carbonyl (C=O) groups excluding carboxylic acids is 1. The molecule has 0 saturated heterocycles. The van der Waals surface area contributed by atoms with Gasteiger partial charge in [-0.2, -0.15) is 5.26 Å². The Bertz CT molecular complexity index is 657. The van der Waals surface area contributed by atoms with Crippen LogP contribution in [-0.2, 0) is 4.79 Å². The van der Waals surface area contributed by atoms with E-state index in [0.717, 1.165) is 0 Å². The number of nitriles is 1. The van der Waals surface area contributed by atoms with Crippen LogP contribution in [0.3, 0.4) is 0 Å². The predicted molar refractivity (Wildman–Crippen MR) is 77.0 cm³/mol. The molecule has 0 saturated carbocycles. The van der Waals surface area contributed by atoms with E-state index < -0.39 is 12.0 Å². The third kappa shape index (κ3) is 3.98. The molecule has 0 fully saturated rings. The number of ether oxygens (including phenoxy) is 2. The Morgan fingerprint density at radius 2 is 1.52 bits per heavy atom.